The second-order valence-corrected chi connectivity index (χ2v) is 6.30. The average Bonchev–Trinajstić information content (AvgIpc) is 3.32. The first-order valence-corrected chi connectivity index (χ1v) is 8.53. The van der Waals surface area contributed by atoms with Crippen molar-refractivity contribution in [2.45, 2.75) is 12.6 Å². The van der Waals surface area contributed by atoms with Crippen molar-refractivity contribution in [3.63, 3.8) is 0 Å². The fourth-order valence-corrected chi connectivity index (χ4v) is 3.23. The van der Waals surface area contributed by atoms with Crippen LogP contribution < -0.4 is 0 Å². The number of nitrogens with zero attached hydrogens (tertiary/aromatic N) is 2. The molecule has 1 aliphatic heterocycles. The predicted octanol–water partition coefficient (Wildman–Crippen LogP) is 3.44. The molecule has 2 aromatic heterocycles. The van der Waals surface area contributed by atoms with Gasteiger partial charge in [-0.1, -0.05) is 0 Å². The Labute approximate surface area is 159 Å². The minimum Gasteiger partial charge on any atom is -0.507 e. The Balaban J connectivity index is 1.83. The molecule has 1 unspecified atom stereocenters. The fourth-order valence-electron chi connectivity index (χ4n) is 3.23. The molecule has 1 atom stereocenters. The van der Waals surface area contributed by atoms with Crippen molar-refractivity contribution in [2.24, 2.45) is 0 Å². The van der Waals surface area contributed by atoms with E-state index in [1.807, 2.05) is 0 Å². The summed E-state index contributed by atoms with van der Waals surface area (Å²) in [5.41, 5.74) is 0.913. The highest BCUT2D eigenvalue weighted by atomic mass is 19.1. The van der Waals surface area contributed by atoms with Crippen LogP contribution in [-0.2, 0) is 16.1 Å². The maximum absolute atomic E-state index is 13.2. The maximum atomic E-state index is 13.2. The van der Waals surface area contributed by atoms with Crippen molar-refractivity contribution in [1.29, 1.82) is 0 Å². The smallest absolute Gasteiger partial charge is 0.296 e. The summed E-state index contributed by atoms with van der Waals surface area (Å²) in [5.74, 6) is -2.08. The molecule has 0 radical (unpaired) electrons. The number of carbonyl (C=O) groups excluding carboxylic acids is 2. The van der Waals surface area contributed by atoms with Gasteiger partial charge in [0, 0.05) is 24.5 Å². The van der Waals surface area contributed by atoms with Crippen molar-refractivity contribution in [3.05, 3.63) is 95.5 Å². The van der Waals surface area contributed by atoms with Gasteiger partial charge < -0.3 is 14.4 Å². The van der Waals surface area contributed by atoms with Gasteiger partial charge in [-0.15, -0.1) is 0 Å². The molecule has 1 saturated heterocycles. The fraction of sp³-hybridized carbons (Fsp3) is 0.0952. The van der Waals surface area contributed by atoms with E-state index >= 15 is 0 Å². The van der Waals surface area contributed by atoms with E-state index in [2.05, 4.69) is 4.98 Å². The molecule has 1 N–H and O–H groups in total. The van der Waals surface area contributed by atoms with Crippen molar-refractivity contribution < 1.29 is 23.5 Å². The SMILES string of the molecule is O=C1C(=O)N(Cc2ccncc2)C(c2ccco2)/C1=C(/O)c1ccc(F)cc1. The third-order valence-corrected chi connectivity index (χ3v) is 4.57. The number of Topliss-reactive ketones (excluding diaryl/α,β-unsaturated/α-hetero) is 1. The van der Waals surface area contributed by atoms with E-state index < -0.39 is 23.5 Å². The molecule has 0 bridgehead atoms. The standard InChI is InChI=1S/C21H15FN2O4/c22-15-5-3-14(4-6-15)19(25)17-18(16-2-1-11-28-16)24(21(27)20(17)26)12-13-7-9-23-10-8-13/h1-11,18,25H,12H2/b19-17-. The minimum absolute atomic E-state index is 0.0967. The molecule has 7 heteroatoms. The van der Waals surface area contributed by atoms with E-state index in [0.29, 0.717) is 5.76 Å². The summed E-state index contributed by atoms with van der Waals surface area (Å²) in [6.45, 7) is 0.138. The number of carbonyl (C=O) groups is 2. The van der Waals surface area contributed by atoms with Crippen LogP contribution in [0.4, 0.5) is 4.39 Å². The quantitative estimate of drug-likeness (QED) is 0.427. The van der Waals surface area contributed by atoms with Crippen molar-refractivity contribution >= 4 is 17.4 Å². The van der Waals surface area contributed by atoms with Crippen LogP contribution in [-0.4, -0.2) is 26.7 Å². The second kappa shape index (κ2) is 7.11. The highest BCUT2D eigenvalue weighted by Crippen LogP contribution is 2.40. The highest BCUT2D eigenvalue weighted by molar-refractivity contribution is 6.46. The number of ketones is 1. The van der Waals surface area contributed by atoms with E-state index in [0.717, 1.165) is 5.56 Å². The molecule has 140 valence electrons. The van der Waals surface area contributed by atoms with Crippen LogP contribution >= 0.6 is 0 Å². The average molecular weight is 378 g/mol. The number of furan rings is 1. The van der Waals surface area contributed by atoms with E-state index in [-0.39, 0.29) is 23.4 Å². The summed E-state index contributed by atoms with van der Waals surface area (Å²) in [6, 6.07) is 10.9. The Kier molecular flexibility index (Phi) is 4.49. The lowest BCUT2D eigenvalue weighted by Crippen LogP contribution is -2.29. The Morgan fingerprint density at radius 2 is 1.82 bits per heavy atom. The number of aromatic nitrogens is 1. The molecular weight excluding hydrogens is 363 g/mol. The Morgan fingerprint density at radius 1 is 1.11 bits per heavy atom. The van der Waals surface area contributed by atoms with Gasteiger partial charge in [-0.25, -0.2) is 4.39 Å². The molecule has 1 amide bonds. The first-order chi connectivity index (χ1) is 13.6. The normalized spacial score (nSPS) is 18.6. The zero-order valence-electron chi connectivity index (χ0n) is 14.6. The van der Waals surface area contributed by atoms with Crippen molar-refractivity contribution in [3.8, 4) is 0 Å². The molecule has 1 aliphatic rings. The molecule has 6 nitrogen and oxygen atoms in total. The number of halogens is 1. The number of hydrogen-bond donors (Lipinski definition) is 1. The number of amides is 1. The first-order valence-electron chi connectivity index (χ1n) is 8.53. The van der Waals surface area contributed by atoms with Gasteiger partial charge in [0.1, 0.15) is 23.4 Å². The molecule has 4 rings (SSSR count). The summed E-state index contributed by atoms with van der Waals surface area (Å²) in [5, 5.41) is 10.8. The Hall–Kier alpha value is -3.74. The zero-order valence-corrected chi connectivity index (χ0v) is 14.6. The number of aliphatic hydroxyl groups excluding tert-OH is 1. The van der Waals surface area contributed by atoms with Crippen LogP contribution in [0.3, 0.4) is 0 Å². The number of likely N-dealkylation sites (tertiary alicyclic amines) is 1. The van der Waals surface area contributed by atoms with Gasteiger partial charge >= 0.3 is 0 Å². The van der Waals surface area contributed by atoms with Crippen LogP contribution in [0.15, 0.2) is 77.2 Å². The van der Waals surface area contributed by atoms with Crippen LogP contribution in [0.5, 0.6) is 0 Å². The number of benzene rings is 1. The number of hydrogen-bond acceptors (Lipinski definition) is 5. The van der Waals surface area contributed by atoms with Crippen LogP contribution in [0, 0.1) is 5.82 Å². The summed E-state index contributed by atoms with van der Waals surface area (Å²) in [7, 11) is 0. The van der Waals surface area contributed by atoms with E-state index in [1.165, 1.54) is 35.4 Å². The number of rotatable bonds is 4. The lowest BCUT2D eigenvalue weighted by Gasteiger charge is -2.23. The molecule has 0 aliphatic carbocycles. The van der Waals surface area contributed by atoms with Gasteiger partial charge in [-0.3, -0.25) is 14.6 Å². The second-order valence-electron chi connectivity index (χ2n) is 6.30. The summed E-state index contributed by atoms with van der Waals surface area (Å²) < 4.78 is 18.7. The van der Waals surface area contributed by atoms with Crippen molar-refractivity contribution in [2.75, 3.05) is 0 Å². The van der Waals surface area contributed by atoms with Crippen LogP contribution in [0.1, 0.15) is 22.9 Å². The molecule has 1 fully saturated rings. The summed E-state index contributed by atoms with van der Waals surface area (Å²) >= 11 is 0. The predicted molar refractivity (Wildman–Crippen MR) is 97.2 cm³/mol. The lowest BCUT2D eigenvalue weighted by molar-refractivity contribution is -0.140. The van der Waals surface area contributed by atoms with E-state index in [9.17, 15) is 19.1 Å². The van der Waals surface area contributed by atoms with Crippen LogP contribution in [0.25, 0.3) is 5.76 Å². The molecule has 0 spiro atoms. The summed E-state index contributed by atoms with van der Waals surface area (Å²) in [4.78, 5) is 30.8. The molecule has 1 aromatic carbocycles. The lowest BCUT2D eigenvalue weighted by atomic mass is 9.99. The topological polar surface area (TPSA) is 83.6 Å². The maximum Gasteiger partial charge on any atom is 0.296 e. The monoisotopic (exact) mass is 378 g/mol. The highest BCUT2D eigenvalue weighted by Gasteiger charge is 2.47. The molecule has 0 saturated carbocycles. The van der Waals surface area contributed by atoms with E-state index in [4.69, 9.17) is 4.42 Å². The third kappa shape index (κ3) is 3.07. The van der Waals surface area contributed by atoms with Crippen LogP contribution in [0.2, 0.25) is 0 Å². The number of pyridine rings is 1. The largest absolute Gasteiger partial charge is 0.507 e. The first kappa shape index (κ1) is 17.7. The third-order valence-electron chi connectivity index (χ3n) is 4.57. The zero-order chi connectivity index (χ0) is 19.7. The Bertz CT molecular complexity index is 1040. The number of aliphatic hydroxyl groups is 1. The molecule has 28 heavy (non-hydrogen) atoms. The van der Waals surface area contributed by atoms with Crippen molar-refractivity contribution in [1.82, 2.24) is 9.88 Å². The minimum atomic E-state index is -0.895. The Morgan fingerprint density at radius 3 is 2.46 bits per heavy atom. The molecule has 3 heterocycles. The molecular formula is C21H15FN2O4. The van der Waals surface area contributed by atoms with Gasteiger partial charge in [0.2, 0.25) is 0 Å². The van der Waals surface area contributed by atoms with Gasteiger partial charge in [0.25, 0.3) is 11.7 Å². The van der Waals surface area contributed by atoms with E-state index in [1.54, 1.807) is 36.7 Å². The van der Waals surface area contributed by atoms with Gasteiger partial charge in [0.05, 0.1) is 11.8 Å². The van der Waals surface area contributed by atoms with Gasteiger partial charge in [-0.05, 0) is 54.1 Å². The summed E-state index contributed by atoms with van der Waals surface area (Å²) in [6.07, 6.45) is 4.61. The molecule has 3 aromatic rings. The van der Waals surface area contributed by atoms with Gasteiger partial charge in [-0.2, -0.15) is 0 Å². The van der Waals surface area contributed by atoms with Gasteiger partial charge in [0.15, 0.2) is 0 Å².